The smallest absolute Gasteiger partial charge is 0.404 e. The quantitative estimate of drug-likeness (QED) is 0.566. The van der Waals surface area contributed by atoms with Gasteiger partial charge in [0.05, 0.1) is 11.7 Å². The molecule has 0 radical (unpaired) electrons. The number of ether oxygens (including phenoxy) is 2. The van der Waals surface area contributed by atoms with Crippen LogP contribution in [0.15, 0.2) is 36.2 Å². The van der Waals surface area contributed by atoms with E-state index in [2.05, 4.69) is 10.6 Å². The molecule has 8 heteroatoms. The third-order valence-corrected chi connectivity index (χ3v) is 7.39. The van der Waals surface area contributed by atoms with Gasteiger partial charge in [0, 0.05) is 31.4 Å². The van der Waals surface area contributed by atoms with E-state index in [4.69, 9.17) is 14.6 Å². The van der Waals surface area contributed by atoms with Crippen LogP contribution in [0.5, 0.6) is 5.75 Å². The van der Waals surface area contributed by atoms with Gasteiger partial charge in [0.1, 0.15) is 12.4 Å². The van der Waals surface area contributed by atoms with Gasteiger partial charge in [-0.2, -0.15) is 0 Å². The average Bonchev–Trinajstić information content (AvgIpc) is 3.39. The fraction of sp³-hybridized carbons (Fsp3) is 0.583. The molecule has 0 aromatic heterocycles. The van der Waals surface area contributed by atoms with Crippen LogP contribution in [0.4, 0.5) is 9.18 Å². The zero-order chi connectivity index (χ0) is 22.6. The number of fused-ring (bicyclic) bond motifs is 2. The third-order valence-electron chi connectivity index (χ3n) is 7.39. The summed E-state index contributed by atoms with van der Waals surface area (Å²) in [4.78, 5) is 23.7. The standard InChI is InChI=1S/C24H31FN2O5/c25-13-17(14-26-22(29)30)15-32-20-3-1-18(2-4-20)23-7-9-24(16-23,10-8-23)21(28)27-19-5-11-31-12-6-19/h1-4,13,19,26H,5-12,14-16H2,(H,27,28)(H,29,30)/b17-13-. The van der Waals surface area contributed by atoms with E-state index in [-0.39, 0.29) is 41.5 Å². The molecular weight excluding hydrogens is 415 g/mol. The molecule has 174 valence electrons. The van der Waals surface area contributed by atoms with E-state index >= 15 is 0 Å². The molecule has 4 rings (SSSR count). The summed E-state index contributed by atoms with van der Waals surface area (Å²) in [5.74, 6) is 0.809. The highest BCUT2D eigenvalue weighted by molar-refractivity contribution is 5.84. The van der Waals surface area contributed by atoms with E-state index in [1.165, 1.54) is 5.56 Å². The van der Waals surface area contributed by atoms with Crippen LogP contribution < -0.4 is 15.4 Å². The minimum atomic E-state index is -1.21. The summed E-state index contributed by atoms with van der Waals surface area (Å²) in [5.41, 5.74) is 1.20. The van der Waals surface area contributed by atoms with Crippen LogP contribution in [-0.4, -0.2) is 49.5 Å². The summed E-state index contributed by atoms with van der Waals surface area (Å²) in [6.45, 7) is 1.28. The monoisotopic (exact) mass is 446 g/mol. The largest absolute Gasteiger partial charge is 0.489 e. The Balaban J connectivity index is 1.34. The zero-order valence-corrected chi connectivity index (χ0v) is 18.2. The van der Waals surface area contributed by atoms with Gasteiger partial charge in [0.2, 0.25) is 5.91 Å². The van der Waals surface area contributed by atoms with E-state index in [9.17, 15) is 14.0 Å². The van der Waals surface area contributed by atoms with Gasteiger partial charge >= 0.3 is 6.09 Å². The van der Waals surface area contributed by atoms with Gasteiger partial charge in [-0.05, 0) is 68.1 Å². The molecule has 0 unspecified atom stereocenters. The highest BCUT2D eigenvalue weighted by Gasteiger charge is 2.58. The summed E-state index contributed by atoms with van der Waals surface area (Å²) in [6, 6.07) is 8.05. The first-order chi connectivity index (χ1) is 15.4. The molecular formula is C24H31FN2O5. The predicted molar refractivity (Wildman–Crippen MR) is 116 cm³/mol. The molecule has 2 bridgehead atoms. The number of nitrogens with one attached hydrogen (secondary N) is 2. The minimum absolute atomic E-state index is 0.0287. The molecule has 7 nitrogen and oxygen atoms in total. The van der Waals surface area contributed by atoms with Gasteiger partial charge in [-0.1, -0.05) is 12.1 Å². The summed E-state index contributed by atoms with van der Waals surface area (Å²) in [5, 5.41) is 14.0. The molecule has 1 heterocycles. The topological polar surface area (TPSA) is 96.9 Å². The van der Waals surface area contributed by atoms with Gasteiger partial charge in [-0.15, -0.1) is 0 Å². The highest BCUT2D eigenvalue weighted by atomic mass is 19.1. The van der Waals surface area contributed by atoms with Crippen LogP contribution in [-0.2, 0) is 14.9 Å². The lowest BCUT2D eigenvalue weighted by atomic mass is 9.77. The number of carbonyl (C=O) groups excluding carboxylic acids is 1. The van der Waals surface area contributed by atoms with Gasteiger partial charge in [-0.3, -0.25) is 4.79 Å². The molecule has 32 heavy (non-hydrogen) atoms. The lowest BCUT2D eigenvalue weighted by Crippen LogP contribution is -2.45. The Hall–Kier alpha value is -2.61. The van der Waals surface area contributed by atoms with Crippen LogP contribution in [0.2, 0.25) is 0 Å². The number of carboxylic acid groups (broad SMARTS) is 1. The normalized spacial score (nSPS) is 27.8. The van der Waals surface area contributed by atoms with Gasteiger partial charge in [-0.25, -0.2) is 9.18 Å². The number of hydrogen-bond donors (Lipinski definition) is 3. The summed E-state index contributed by atoms with van der Waals surface area (Å²) < 4.78 is 23.9. The second-order valence-corrected chi connectivity index (χ2v) is 9.34. The van der Waals surface area contributed by atoms with Gasteiger partial charge < -0.3 is 25.2 Å². The van der Waals surface area contributed by atoms with Crippen LogP contribution in [0.3, 0.4) is 0 Å². The second kappa shape index (κ2) is 9.48. The molecule has 0 spiro atoms. The maximum Gasteiger partial charge on any atom is 0.404 e. The van der Waals surface area contributed by atoms with E-state index < -0.39 is 6.09 Å². The maximum atomic E-state index is 13.1. The lowest BCUT2D eigenvalue weighted by molar-refractivity contribution is -0.132. The Morgan fingerprint density at radius 1 is 1.16 bits per heavy atom. The number of rotatable bonds is 8. The number of carbonyl (C=O) groups is 2. The minimum Gasteiger partial charge on any atom is -0.489 e. The second-order valence-electron chi connectivity index (χ2n) is 9.34. The van der Waals surface area contributed by atoms with E-state index in [0.29, 0.717) is 12.1 Å². The Morgan fingerprint density at radius 2 is 1.84 bits per heavy atom. The summed E-state index contributed by atoms with van der Waals surface area (Å²) in [6.07, 6.45) is 5.66. The van der Waals surface area contributed by atoms with Crippen molar-refractivity contribution in [1.29, 1.82) is 0 Å². The van der Waals surface area contributed by atoms with E-state index in [1.807, 2.05) is 24.3 Å². The zero-order valence-electron chi connectivity index (χ0n) is 18.2. The summed E-state index contributed by atoms with van der Waals surface area (Å²) in [7, 11) is 0. The van der Waals surface area contributed by atoms with E-state index in [1.54, 1.807) is 0 Å². The molecule has 1 aromatic carbocycles. The first-order valence-corrected chi connectivity index (χ1v) is 11.3. The molecule has 2 aliphatic carbocycles. The van der Waals surface area contributed by atoms with Crippen molar-refractivity contribution in [2.45, 2.75) is 56.4 Å². The molecule has 1 aliphatic heterocycles. The van der Waals surface area contributed by atoms with Crippen LogP contribution in [0, 0.1) is 5.41 Å². The van der Waals surface area contributed by atoms with Crippen LogP contribution in [0.25, 0.3) is 0 Å². The van der Waals surface area contributed by atoms with Crippen molar-refractivity contribution < 1.29 is 28.6 Å². The first-order valence-electron chi connectivity index (χ1n) is 11.3. The predicted octanol–water partition coefficient (Wildman–Crippen LogP) is 3.68. The lowest BCUT2D eigenvalue weighted by Gasteiger charge is -2.30. The maximum absolute atomic E-state index is 13.1. The average molecular weight is 447 g/mol. The Kier molecular flexibility index (Phi) is 6.69. The molecule has 3 fully saturated rings. The number of amides is 2. The molecule has 2 saturated carbocycles. The first kappa shape index (κ1) is 22.6. The molecule has 1 saturated heterocycles. The summed E-state index contributed by atoms with van der Waals surface area (Å²) >= 11 is 0. The van der Waals surface area contributed by atoms with Crippen LogP contribution in [0.1, 0.15) is 50.5 Å². The highest BCUT2D eigenvalue weighted by Crippen LogP contribution is 2.62. The third kappa shape index (κ3) is 4.75. The van der Waals surface area contributed by atoms with Crippen molar-refractivity contribution in [3.8, 4) is 5.75 Å². The van der Waals surface area contributed by atoms with Crippen molar-refractivity contribution in [2.24, 2.45) is 5.41 Å². The Bertz CT molecular complexity index is 856. The number of hydrogen-bond acceptors (Lipinski definition) is 4. The molecule has 3 aliphatic rings. The van der Waals surface area contributed by atoms with Crippen molar-refractivity contribution in [3.05, 3.63) is 41.7 Å². The molecule has 2 amide bonds. The number of benzene rings is 1. The van der Waals surface area contributed by atoms with Crippen molar-refractivity contribution >= 4 is 12.0 Å². The molecule has 1 aromatic rings. The van der Waals surface area contributed by atoms with Gasteiger partial charge in [0.15, 0.2) is 0 Å². The van der Waals surface area contributed by atoms with E-state index in [0.717, 1.165) is 58.2 Å². The van der Waals surface area contributed by atoms with Crippen LogP contribution >= 0.6 is 0 Å². The van der Waals surface area contributed by atoms with Crippen molar-refractivity contribution in [3.63, 3.8) is 0 Å². The fourth-order valence-electron chi connectivity index (χ4n) is 5.48. The Labute approximate surface area is 187 Å². The molecule has 3 N–H and O–H groups in total. The Morgan fingerprint density at radius 3 is 2.47 bits per heavy atom. The number of halogens is 1. The van der Waals surface area contributed by atoms with Crippen molar-refractivity contribution in [1.82, 2.24) is 10.6 Å². The molecule has 0 atom stereocenters. The van der Waals surface area contributed by atoms with Crippen molar-refractivity contribution in [2.75, 3.05) is 26.4 Å². The van der Waals surface area contributed by atoms with Gasteiger partial charge in [0.25, 0.3) is 0 Å². The fourth-order valence-corrected chi connectivity index (χ4v) is 5.48. The SMILES string of the molecule is O=C(O)NC/C(=C/F)COc1ccc(C23CCC(C(=O)NC4CCOCC4)(CC2)C3)cc1.